The molecule has 0 unspecified atom stereocenters. The number of imide groups is 1. The fourth-order valence-corrected chi connectivity index (χ4v) is 9.11. The van der Waals surface area contributed by atoms with Crippen LogP contribution in [0.25, 0.3) is 0 Å². The number of amides is 3. The zero-order valence-electron chi connectivity index (χ0n) is 45.2. The van der Waals surface area contributed by atoms with Gasteiger partial charge in [0.2, 0.25) is 0 Å². The highest BCUT2D eigenvalue weighted by atomic mass is 16.5. The van der Waals surface area contributed by atoms with E-state index in [4.69, 9.17) is 4.74 Å². The van der Waals surface area contributed by atoms with Crippen LogP contribution in [0.15, 0.2) is 84.9 Å². The van der Waals surface area contributed by atoms with Gasteiger partial charge < -0.3 is 25.2 Å². The van der Waals surface area contributed by atoms with Crippen molar-refractivity contribution in [1.82, 2.24) is 30.2 Å². The van der Waals surface area contributed by atoms with Gasteiger partial charge in [0.15, 0.2) is 5.54 Å². The highest BCUT2D eigenvalue weighted by Gasteiger charge is 2.53. The Morgan fingerprint density at radius 1 is 0.706 bits per heavy atom. The molecule has 0 bridgehead atoms. The molecule has 3 heterocycles. The maximum absolute atomic E-state index is 13.4. The zero-order chi connectivity index (χ0) is 49.9. The number of carbonyl (C=O) groups is 2. The highest BCUT2D eigenvalue weighted by Crippen LogP contribution is 2.36. The van der Waals surface area contributed by atoms with E-state index in [-0.39, 0.29) is 24.9 Å². The van der Waals surface area contributed by atoms with Gasteiger partial charge in [-0.3, -0.25) is 14.6 Å². The van der Waals surface area contributed by atoms with Crippen molar-refractivity contribution >= 4 is 11.9 Å². The first-order valence-electron chi connectivity index (χ1n) is 25.6. The third kappa shape index (κ3) is 21.9. The third-order valence-electron chi connectivity index (χ3n) is 12.8. The molecule has 0 spiro atoms. The lowest BCUT2D eigenvalue weighted by atomic mass is 9.80. The van der Waals surface area contributed by atoms with Crippen LogP contribution in [-0.2, 0) is 16.8 Å². The number of benzene rings is 3. The number of hydrogen-bond acceptors (Lipinski definition) is 7. The Kier molecular flexibility index (Phi) is 25.0. The van der Waals surface area contributed by atoms with Crippen molar-refractivity contribution in [1.29, 1.82) is 0 Å². The van der Waals surface area contributed by atoms with Crippen LogP contribution in [0, 0.1) is 16.7 Å². The number of nitrogens with one attached hydrogen (secondary N) is 2. The Morgan fingerprint density at radius 3 is 1.66 bits per heavy atom. The molecular weight excluding hydrogens is 841 g/mol. The van der Waals surface area contributed by atoms with Crippen molar-refractivity contribution in [3.05, 3.63) is 102 Å². The van der Waals surface area contributed by atoms with Gasteiger partial charge in [0.05, 0.1) is 7.11 Å². The van der Waals surface area contributed by atoms with Gasteiger partial charge in [-0.25, -0.2) is 4.79 Å². The number of rotatable bonds is 13. The van der Waals surface area contributed by atoms with Crippen LogP contribution >= 0.6 is 0 Å². The van der Waals surface area contributed by atoms with Crippen molar-refractivity contribution in [3.63, 3.8) is 0 Å². The third-order valence-corrected chi connectivity index (χ3v) is 12.8. The summed E-state index contributed by atoms with van der Waals surface area (Å²) in [4.78, 5) is 34.8. The lowest BCUT2D eigenvalue weighted by Gasteiger charge is -2.38. The predicted molar refractivity (Wildman–Crippen MR) is 291 cm³/mol. The molecule has 2 N–H and O–H groups in total. The molecule has 3 fully saturated rings. The number of urea groups is 1. The molecule has 3 aliphatic heterocycles. The molecule has 0 aromatic heterocycles. The molecule has 68 heavy (non-hydrogen) atoms. The molecule has 3 aromatic rings. The summed E-state index contributed by atoms with van der Waals surface area (Å²) < 4.78 is 5.20. The Bertz CT molecular complexity index is 1780. The summed E-state index contributed by atoms with van der Waals surface area (Å²) in [5.41, 5.74) is 3.07. The van der Waals surface area contributed by atoms with Gasteiger partial charge in [0.1, 0.15) is 5.75 Å². The van der Waals surface area contributed by atoms with Crippen LogP contribution in [0.5, 0.6) is 5.75 Å². The summed E-state index contributed by atoms with van der Waals surface area (Å²) >= 11 is 0. The molecular formula is C59H100N6O3. The number of nitrogens with zero attached hydrogens (tertiary/aromatic N) is 4. The van der Waals surface area contributed by atoms with E-state index in [0.29, 0.717) is 29.5 Å². The van der Waals surface area contributed by atoms with Crippen molar-refractivity contribution in [2.45, 2.75) is 165 Å². The van der Waals surface area contributed by atoms with E-state index in [1.54, 1.807) is 7.11 Å². The standard InChI is InChI=1S/C21H25N3O2.C19H31NO.C9H19N.C9H21N.CH4/c1-20(2,3)22-14-15-24-18(25)21(23-19(24)26,16-10-6-4-7-11-16)17-12-8-5-9-13-17;1-19(2,3)15-17-10-13-20(14-11-17)12-9-16-5-7-18(21-4)8-6-16;1-9(2,3)10-7-5-4-6-8-10;1-9(2,3)7-6-8-10(4)5;/h4-13,22H,14-15H2,1-3H3,(H,23,26);5-8,17H,9-15H2,1-4H3;4-8H2,1-3H3;6-8H2,1-5H3;1H4. The van der Waals surface area contributed by atoms with Gasteiger partial charge in [0.25, 0.3) is 5.91 Å². The van der Waals surface area contributed by atoms with E-state index < -0.39 is 5.54 Å². The van der Waals surface area contributed by atoms with E-state index in [9.17, 15) is 9.59 Å². The molecule has 0 saturated carbocycles. The van der Waals surface area contributed by atoms with Gasteiger partial charge in [-0.15, -0.1) is 0 Å². The Labute approximate surface area is 417 Å². The number of methoxy groups -OCH3 is 1. The molecule has 6 rings (SSSR count). The van der Waals surface area contributed by atoms with E-state index in [0.717, 1.165) is 29.2 Å². The average molecular weight is 941 g/mol. The molecule has 3 aromatic carbocycles. The molecule has 0 aliphatic carbocycles. The van der Waals surface area contributed by atoms with Crippen molar-refractivity contribution < 1.29 is 14.3 Å². The topological polar surface area (TPSA) is 80.4 Å². The number of ether oxygens (including phenoxy) is 1. The van der Waals surface area contributed by atoms with Crippen LogP contribution in [0.1, 0.15) is 159 Å². The fourth-order valence-electron chi connectivity index (χ4n) is 9.11. The Morgan fingerprint density at radius 2 is 1.24 bits per heavy atom. The van der Waals surface area contributed by atoms with Crippen molar-refractivity contribution in [3.8, 4) is 5.75 Å². The molecule has 3 aliphatic rings. The molecule has 0 radical (unpaired) electrons. The molecule has 9 heteroatoms. The summed E-state index contributed by atoms with van der Waals surface area (Å²) in [6.45, 7) is 35.5. The van der Waals surface area contributed by atoms with Gasteiger partial charge in [-0.1, -0.05) is 128 Å². The number of carbonyl (C=O) groups excluding carboxylic acids is 2. The van der Waals surface area contributed by atoms with E-state index in [1.807, 2.05) is 60.7 Å². The molecule has 3 amide bonds. The summed E-state index contributed by atoms with van der Waals surface area (Å²) in [7, 11) is 5.97. The minimum atomic E-state index is -1.18. The number of piperidine rings is 2. The van der Waals surface area contributed by atoms with E-state index in [2.05, 4.69) is 147 Å². The van der Waals surface area contributed by atoms with Gasteiger partial charge in [-0.05, 0) is 185 Å². The zero-order valence-corrected chi connectivity index (χ0v) is 45.2. The Hall–Kier alpha value is -3.76. The normalized spacial score (nSPS) is 17.1. The maximum Gasteiger partial charge on any atom is 0.325 e. The van der Waals surface area contributed by atoms with Gasteiger partial charge in [-0.2, -0.15) is 0 Å². The summed E-state index contributed by atoms with van der Waals surface area (Å²) in [6.07, 6.45) is 12.1. The second-order valence-corrected chi connectivity index (χ2v) is 23.9. The fraction of sp³-hybridized carbons (Fsp3) is 0.661. The van der Waals surface area contributed by atoms with Crippen LogP contribution < -0.4 is 15.4 Å². The second-order valence-electron chi connectivity index (χ2n) is 23.9. The molecule has 3 saturated heterocycles. The minimum absolute atomic E-state index is 0. The van der Waals surface area contributed by atoms with Gasteiger partial charge in [0, 0.05) is 30.7 Å². The molecule has 384 valence electrons. The van der Waals surface area contributed by atoms with Crippen molar-refractivity contribution in [2.24, 2.45) is 16.7 Å². The summed E-state index contributed by atoms with van der Waals surface area (Å²) in [6, 6.07) is 26.9. The van der Waals surface area contributed by atoms with E-state index in [1.165, 1.54) is 101 Å². The van der Waals surface area contributed by atoms with E-state index >= 15 is 0 Å². The van der Waals surface area contributed by atoms with Gasteiger partial charge >= 0.3 is 6.03 Å². The minimum Gasteiger partial charge on any atom is -0.497 e. The van der Waals surface area contributed by atoms with Crippen LogP contribution in [0.3, 0.4) is 0 Å². The molecule has 0 atom stereocenters. The lowest BCUT2D eigenvalue weighted by Crippen LogP contribution is -2.46. The smallest absolute Gasteiger partial charge is 0.325 e. The number of likely N-dealkylation sites (tertiary alicyclic amines) is 2. The molecule has 9 nitrogen and oxygen atoms in total. The van der Waals surface area contributed by atoms with Crippen LogP contribution in [-0.4, -0.2) is 116 Å². The second kappa shape index (κ2) is 28.2. The SMILES string of the molecule is C.CC(C)(C)N1CCCCC1.CC(C)(C)NCCN1C(=O)NC(c2ccccc2)(c2ccccc2)C1=O.CN(C)CCCC(C)(C)C.COc1ccc(CCN2CCC(CC(C)(C)C)CC2)cc1. The van der Waals surface area contributed by atoms with Crippen LogP contribution in [0.2, 0.25) is 0 Å². The highest BCUT2D eigenvalue weighted by molar-refractivity contribution is 6.09. The average Bonchev–Trinajstić information content (AvgIpc) is 3.52. The predicted octanol–water partition coefficient (Wildman–Crippen LogP) is 12.5. The van der Waals surface area contributed by atoms with Crippen molar-refractivity contribution in [2.75, 3.05) is 73.6 Å². The first kappa shape index (κ1) is 60.4. The number of hydrogen-bond donors (Lipinski definition) is 2. The lowest BCUT2D eigenvalue weighted by molar-refractivity contribution is -0.130. The monoisotopic (exact) mass is 941 g/mol. The quantitative estimate of drug-likeness (QED) is 0.165. The Balaban J connectivity index is 0.000000336. The largest absolute Gasteiger partial charge is 0.497 e. The maximum atomic E-state index is 13.4. The first-order valence-corrected chi connectivity index (χ1v) is 25.6. The van der Waals surface area contributed by atoms with Crippen LogP contribution in [0.4, 0.5) is 4.79 Å². The summed E-state index contributed by atoms with van der Waals surface area (Å²) in [5.74, 6) is 1.64. The first-order chi connectivity index (χ1) is 31.3. The summed E-state index contributed by atoms with van der Waals surface area (Å²) in [5, 5.41) is 6.28.